The summed E-state index contributed by atoms with van der Waals surface area (Å²) in [5.74, 6) is -0.866. The number of anilines is 2. The number of nitrogens with zero attached hydrogens (tertiary/aromatic N) is 1. The number of para-hydroxylation sites is 2. The summed E-state index contributed by atoms with van der Waals surface area (Å²) in [5.41, 5.74) is 3.59. The summed E-state index contributed by atoms with van der Waals surface area (Å²) >= 11 is 1.51. The molecule has 2 aromatic heterocycles. The van der Waals surface area contributed by atoms with Gasteiger partial charge in [0.15, 0.2) is 11.6 Å². The van der Waals surface area contributed by atoms with Crippen molar-refractivity contribution in [3.63, 3.8) is 0 Å². The van der Waals surface area contributed by atoms with Crippen LogP contribution < -0.4 is 25.4 Å². The molecule has 0 spiro atoms. The zero-order valence-electron chi connectivity index (χ0n) is 24.2. The molecule has 0 aliphatic rings. The van der Waals surface area contributed by atoms with Crippen LogP contribution in [0.15, 0.2) is 85.1 Å². The van der Waals surface area contributed by atoms with Crippen molar-refractivity contribution in [3.05, 3.63) is 96.4 Å². The summed E-state index contributed by atoms with van der Waals surface area (Å²) in [7, 11) is 3.16. The van der Waals surface area contributed by atoms with E-state index in [4.69, 9.17) is 14.2 Å². The molecule has 3 N–H and O–H groups in total. The number of thiophene rings is 1. The van der Waals surface area contributed by atoms with Gasteiger partial charge >= 0.3 is 0 Å². The van der Waals surface area contributed by atoms with Gasteiger partial charge in [0.1, 0.15) is 17.9 Å². The second-order valence-corrected chi connectivity index (χ2v) is 10.8. The summed E-state index contributed by atoms with van der Waals surface area (Å²) < 4.78 is 32.1. The normalized spacial score (nSPS) is 10.9. The van der Waals surface area contributed by atoms with Gasteiger partial charge in [-0.1, -0.05) is 36.4 Å². The third kappa shape index (κ3) is 7.75. The minimum Gasteiger partial charge on any atom is -0.495 e. The van der Waals surface area contributed by atoms with Crippen LogP contribution in [0, 0.1) is 5.82 Å². The van der Waals surface area contributed by atoms with E-state index in [0.717, 1.165) is 39.8 Å². The fraction of sp³-hybridized carbons (Fsp3) is 0.182. The molecule has 5 aromatic rings. The van der Waals surface area contributed by atoms with Crippen LogP contribution in [0.4, 0.5) is 15.8 Å². The summed E-state index contributed by atoms with van der Waals surface area (Å²) in [6.45, 7) is 2.20. The number of aromatic nitrogens is 1. The van der Waals surface area contributed by atoms with Crippen molar-refractivity contribution in [2.75, 3.05) is 38.0 Å². The van der Waals surface area contributed by atoms with E-state index < -0.39 is 24.1 Å². The van der Waals surface area contributed by atoms with E-state index >= 15 is 4.39 Å². The SMILES string of the molecule is COCCNCc1ccc(-c2cc3nccc(Oc4ccc(NC(=O)CC(=O)Nc5ccccc5OC)cc4F)c3s2)cc1. The molecule has 0 bridgehead atoms. The van der Waals surface area contributed by atoms with Crippen LogP contribution in [0.2, 0.25) is 0 Å². The maximum atomic E-state index is 15.1. The third-order valence-electron chi connectivity index (χ3n) is 6.56. The number of halogens is 1. The number of benzene rings is 3. The van der Waals surface area contributed by atoms with E-state index in [1.807, 2.05) is 6.07 Å². The second-order valence-electron chi connectivity index (χ2n) is 9.72. The van der Waals surface area contributed by atoms with Gasteiger partial charge in [0.05, 0.1) is 29.6 Å². The number of rotatable bonds is 13. The Morgan fingerprint density at radius 1 is 0.886 bits per heavy atom. The largest absolute Gasteiger partial charge is 0.495 e. The Morgan fingerprint density at radius 3 is 2.45 bits per heavy atom. The molecule has 226 valence electrons. The number of methoxy groups -OCH3 is 2. The van der Waals surface area contributed by atoms with E-state index in [-0.39, 0.29) is 11.4 Å². The average molecular weight is 615 g/mol. The van der Waals surface area contributed by atoms with Crippen LogP contribution in [-0.4, -0.2) is 44.2 Å². The molecule has 3 aromatic carbocycles. The first kappa shape index (κ1) is 30.6. The molecular formula is C33H31FN4O5S. The quantitative estimate of drug-likeness (QED) is 0.101. The molecule has 5 rings (SSSR count). The van der Waals surface area contributed by atoms with Gasteiger partial charge < -0.3 is 30.2 Å². The van der Waals surface area contributed by atoms with Gasteiger partial charge in [-0.15, -0.1) is 11.3 Å². The molecule has 0 saturated heterocycles. The molecule has 44 heavy (non-hydrogen) atoms. The summed E-state index contributed by atoms with van der Waals surface area (Å²) in [6.07, 6.45) is 1.16. The number of hydrogen-bond acceptors (Lipinski definition) is 8. The number of pyridine rings is 1. The Bertz CT molecular complexity index is 1760. The number of hydrogen-bond donors (Lipinski definition) is 3. The Kier molecular flexibility index (Phi) is 10.1. The van der Waals surface area contributed by atoms with E-state index in [1.54, 1.807) is 43.6 Å². The zero-order chi connectivity index (χ0) is 30.9. The Labute approximate surface area is 258 Å². The number of amides is 2. The molecule has 0 unspecified atom stereocenters. The number of carbonyl (C=O) groups is 2. The summed E-state index contributed by atoms with van der Waals surface area (Å²) in [5, 5.41) is 8.51. The fourth-order valence-electron chi connectivity index (χ4n) is 4.40. The van der Waals surface area contributed by atoms with Crippen molar-refractivity contribution in [1.29, 1.82) is 0 Å². The van der Waals surface area contributed by atoms with Gasteiger partial charge in [0, 0.05) is 49.1 Å². The number of fused-ring (bicyclic) bond motifs is 1. The Morgan fingerprint density at radius 2 is 1.68 bits per heavy atom. The lowest BCUT2D eigenvalue weighted by Gasteiger charge is -2.11. The topological polar surface area (TPSA) is 111 Å². The molecule has 0 saturated carbocycles. The Balaban J connectivity index is 1.22. The summed E-state index contributed by atoms with van der Waals surface area (Å²) in [6, 6.07) is 22.9. The van der Waals surface area contributed by atoms with Gasteiger partial charge in [-0.3, -0.25) is 14.6 Å². The van der Waals surface area contributed by atoms with Gasteiger partial charge in [-0.25, -0.2) is 4.39 Å². The highest BCUT2D eigenvalue weighted by atomic mass is 32.1. The van der Waals surface area contributed by atoms with Crippen LogP contribution in [-0.2, 0) is 20.9 Å². The van der Waals surface area contributed by atoms with Crippen LogP contribution in [0.25, 0.3) is 20.7 Å². The Hall–Kier alpha value is -4.84. The number of carbonyl (C=O) groups excluding carboxylic acids is 2. The second kappa shape index (κ2) is 14.6. The molecule has 2 heterocycles. The molecule has 0 aliphatic carbocycles. The number of nitrogens with one attached hydrogen (secondary N) is 3. The predicted octanol–water partition coefficient (Wildman–Crippen LogP) is 6.61. The van der Waals surface area contributed by atoms with Crippen molar-refractivity contribution in [1.82, 2.24) is 10.3 Å². The number of ether oxygens (including phenoxy) is 3. The first-order valence-corrected chi connectivity index (χ1v) is 14.6. The van der Waals surface area contributed by atoms with Crippen molar-refractivity contribution in [2.24, 2.45) is 0 Å². The highest BCUT2D eigenvalue weighted by molar-refractivity contribution is 7.22. The molecule has 0 atom stereocenters. The zero-order valence-corrected chi connectivity index (χ0v) is 25.0. The van der Waals surface area contributed by atoms with E-state index in [9.17, 15) is 9.59 Å². The summed E-state index contributed by atoms with van der Waals surface area (Å²) in [4.78, 5) is 30.3. The van der Waals surface area contributed by atoms with Crippen molar-refractivity contribution in [2.45, 2.75) is 13.0 Å². The average Bonchev–Trinajstić information content (AvgIpc) is 3.46. The molecule has 2 amide bonds. The van der Waals surface area contributed by atoms with Crippen LogP contribution in [0.5, 0.6) is 17.2 Å². The van der Waals surface area contributed by atoms with Gasteiger partial charge in [-0.2, -0.15) is 0 Å². The molecular weight excluding hydrogens is 583 g/mol. The van der Waals surface area contributed by atoms with Crippen LogP contribution in [0.3, 0.4) is 0 Å². The van der Waals surface area contributed by atoms with E-state index in [0.29, 0.717) is 23.8 Å². The van der Waals surface area contributed by atoms with Crippen molar-refractivity contribution < 1.29 is 28.2 Å². The van der Waals surface area contributed by atoms with Crippen LogP contribution >= 0.6 is 11.3 Å². The molecule has 0 aliphatic heterocycles. The highest BCUT2D eigenvalue weighted by Crippen LogP contribution is 2.39. The third-order valence-corrected chi connectivity index (χ3v) is 7.75. The standard InChI is InChI=1S/C33H31FN4O5S/c1-41-16-15-35-20-21-7-9-22(10-8-21)30-18-26-33(44-30)29(13-14-36-26)43-27-12-11-23(17-24(27)34)37-31(39)19-32(40)38-25-5-3-4-6-28(25)42-2/h3-14,17-18,35H,15-16,19-20H2,1-2H3,(H,37,39)(H,38,40). The van der Waals surface area contributed by atoms with Gasteiger partial charge in [-0.05, 0) is 41.5 Å². The highest BCUT2D eigenvalue weighted by Gasteiger charge is 2.16. The smallest absolute Gasteiger partial charge is 0.233 e. The maximum absolute atomic E-state index is 15.1. The predicted molar refractivity (Wildman–Crippen MR) is 170 cm³/mol. The lowest BCUT2D eigenvalue weighted by Crippen LogP contribution is -2.21. The molecule has 0 radical (unpaired) electrons. The molecule has 9 nitrogen and oxygen atoms in total. The minimum absolute atomic E-state index is 0.00955. The molecule has 11 heteroatoms. The van der Waals surface area contributed by atoms with Gasteiger partial charge in [0.2, 0.25) is 11.8 Å². The van der Waals surface area contributed by atoms with E-state index in [1.165, 1.54) is 36.1 Å². The minimum atomic E-state index is -0.669. The monoisotopic (exact) mass is 614 g/mol. The first-order chi connectivity index (χ1) is 21.4. The lowest BCUT2D eigenvalue weighted by molar-refractivity contribution is -0.123. The van der Waals surface area contributed by atoms with Gasteiger partial charge in [0.25, 0.3) is 0 Å². The first-order valence-electron chi connectivity index (χ1n) is 13.8. The maximum Gasteiger partial charge on any atom is 0.233 e. The van der Waals surface area contributed by atoms with E-state index in [2.05, 4.69) is 45.2 Å². The fourth-order valence-corrected chi connectivity index (χ4v) is 5.48. The van der Waals surface area contributed by atoms with Crippen LogP contribution in [0.1, 0.15) is 12.0 Å². The van der Waals surface area contributed by atoms with Crippen molar-refractivity contribution >= 4 is 44.7 Å². The van der Waals surface area contributed by atoms with Crippen molar-refractivity contribution in [3.8, 4) is 27.7 Å². The molecule has 0 fully saturated rings. The lowest BCUT2D eigenvalue weighted by atomic mass is 10.1.